The minimum Gasteiger partial charge on any atom is -0.477 e. The van der Waals surface area contributed by atoms with Gasteiger partial charge in [0.2, 0.25) is 5.88 Å². The van der Waals surface area contributed by atoms with Gasteiger partial charge in [-0.3, -0.25) is 4.79 Å². The number of benzene rings is 1. The summed E-state index contributed by atoms with van der Waals surface area (Å²) in [5, 5.41) is 13.8. The van der Waals surface area contributed by atoms with E-state index in [4.69, 9.17) is 16.3 Å². The van der Waals surface area contributed by atoms with E-state index in [1.165, 1.54) is 12.8 Å². The van der Waals surface area contributed by atoms with E-state index in [2.05, 4.69) is 10.3 Å². The van der Waals surface area contributed by atoms with Crippen LogP contribution in [0.1, 0.15) is 55.3 Å². The van der Waals surface area contributed by atoms with Crippen LogP contribution in [0.15, 0.2) is 36.5 Å². The lowest BCUT2D eigenvalue weighted by molar-refractivity contribution is 0.0717. The van der Waals surface area contributed by atoms with Crippen LogP contribution in [0.2, 0.25) is 5.02 Å². The van der Waals surface area contributed by atoms with Crippen molar-refractivity contribution in [1.29, 1.82) is 0 Å². The monoisotopic (exact) mass is 414 g/mol. The Morgan fingerprint density at radius 3 is 2.66 bits per heavy atom. The number of carbonyl (C=O) groups excluding carboxylic acids is 1. The van der Waals surface area contributed by atoms with Gasteiger partial charge in [-0.25, -0.2) is 4.98 Å². The standard InChI is InChI=1S/C23H27ClN2O3/c24-18-9-7-16(8-10-18)19-13-17(14-25-23(19)29-12-11-15-5-6-15)22(28)26-20-3-1-2-4-21(20)27/h7-10,13-15,20-21,27H,1-6,11-12H2,(H,26,28)/t20-,21-/m1/s1. The van der Waals surface area contributed by atoms with Crippen molar-refractivity contribution in [3.05, 3.63) is 47.1 Å². The highest BCUT2D eigenvalue weighted by atomic mass is 35.5. The molecular weight excluding hydrogens is 388 g/mol. The Labute approximate surface area is 176 Å². The highest BCUT2D eigenvalue weighted by molar-refractivity contribution is 6.30. The van der Waals surface area contributed by atoms with Crippen molar-refractivity contribution < 1.29 is 14.6 Å². The fourth-order valence-corrected chi connectivity index (χ4v) is 3.91. The number of nitrogens with one attached hydrogen (secondary N) is 1. The number of amides is 1. The molecular formula is C23H27ClN2O3. The molecule has 0 aliphatic heterocycles. The number of hydrogen-bond donors (Lipinski definition) is 2. The molecule has 0 bridgehead atoms. The van der Waals surface area contributed by atoms with E-state index in [0.717, 1.165) is 49.1 Å². The van der Waals surface area contributed by atoms with E-state index in [-0.39, 0.29) is 11.9 Å². The van der Waals surface area contributed by atoms with Crippen LogP contribution >= 0.6 is 11.6 Å². The number of pyridine rings is 1. The van der Waals surface area contributed by atoms with Crippen molar-refractivity contribution in [3.63, 3.8) is 0 Å². The van der Waals surface area contributed by atoms with Crippen LogP contribution in [-0.2, 0) is 0 Å². The highest BCUT2D eigenvalue weighted by Crippen LogP contribution is 2.34. The zero-order valence-electron chi connectivity index (χ0n) is 16.4. The Morgan fingerprint density at radius 1 is 1.17 bits per heavy atom. The Bertz CT molecular complexity index is 852. The topological polar surface area (TPSA) is 71.5 Å². The summed E-state index contributed by atoms with van der Waals surface area (Å²) in [6.07, 6.45) is 8.22. The third kappa shape index (κ3) is 5.28. The fraction of sp³-hybridized carbons (Fsp3) is 0.478. The van der Waals surface area contributed by atoms with Crippen molar-refractivity contribution >= 4 is 17.5 Å². The van der Waals surface area contributed by atoms with Crippen LogP contribution in [0.3, 0.4) is 0 Å². The lowest BCUT2D eigenvalue weighted by atomic mass is 9.92. The van der Waals surface area contributed by atoms with Crippen LogP contribution in [0.5, 0.6) is 5.88 Å². The number of rotatable bonds is 7. The number of aromatic nitrogens is 1. The minimum absolute atomic E-state index is 0.204. The SMILES string of the molecule is O=C(N[C@@H]1CCCC[C@H]1O)c1cnc(OCCC2CC2)c(-c2ccc(Cl)cc2)c1. The first kappa shape index (κ1) is 20.2. The molecule has 1 amide bonds. The summed E-state index contributed by atoms with van der Waals surface area (Å²) < 4.78 is 5.96. The highest BCUT2D eigenvalue weighted by Gasteiger charge is 2.26. The second kappa shape index (κ2) is 9.14. The average molecular weight is 415 g/mol. The predicted octanol–water partition coefficient (Wildman–Crippen LogP) is 4.61. The molecule has 0 unspecified atom stereocenters. The normalized spacial score (nSPS) is 21.6. The summed E-state index contributed by atoms with van der Waals surface area (Å²) in [6, 6.07) is 9.04. The lowest BCUT2D eigenvalue weighted by Crippen LogP contribution is -2.45. The summed E-state index contributed by atoms with van der Waals surface area (Å²) in [6.45, 7) is 0.623. The van der Waals surface area contributed by atoms with Gasteiger partial charge < -0.3 is 15.2 Å². The molecule has 5 nitrogen and oxygen atoms in total. The molecule has 2 aliphatic rings. The molecule has 2 fully saturated rings. The minimum atomic E-state index is -0.485. The average Bonchev–Trinajstić information content (AvgIpc) is 3.55. The number of nitrogens with zero attached hydrogens (tertiary/aromatic N) is 1. The van der Waals surface area contributed by atoms with E-state index < -0.39 is 6.10 Å². The van der Waals surface area contributed by atoms with Crippen LogP contribution in [0.25, 0.3) is 11.1 Å². The van der Waals surface area contributed by atoms with Gasteiger partial charge in [0.1, 0.15) is 0 Å². The lowest BCUT2D eigenvalue weighted by Gasteiger charge is -2.28. The number of carbonyl (C=O) groups is 1. The maximum absolute atomic E-state index is 12.8. The summed E-state index contributed by atoms with van der Waals surface area (Å²) in [4.78, 5) is 17.2. The number of hydrogen-bond acceptors (Lipinski definition) is 4. The van der Waals surface area contributed by atoms with Gasteiger partial charge in [-0.05, 0) is 48.9 Å². The number of halogens is 1. The van der Waals surface area contributed by atoms with Gasteiger partial charge in [0.15, 0.2) is 0 Å². The molecule has 0 radical (unpaired) electrons. The van der Waals surface area contributed by atoms with E-state index >= 15 is 0 Å². The second-order valence-corrected chi connectivity index (χ2v) is 8.53. The van der Waals surface area contributed by atoms with Crippen LogP contribution in [-0.4, -0.2) is 34.8 Å². The summed E-state index contributed by atoms with van der Waals surface area (Å²) in [7, 11) is 0. The molecule has 2 saturated carbocycles. The third-order valence-electron chi connectivity index (χ3n) is 5.78. The molecule has 2 atom stereocenters. The van der Waals surface area contributed by atoms with Gasteiger partial charge in [0.05, 0.1) is 24.3 Å². The molecule has 154 valence electrons. The summed E-state index contributed by atoms with van der Waals surface area (Å²) >= 11 is 6.03. The van der Waals surface area contributed by atoms with E-state index in [1.54, 1.807) is 6.20 Å². The van der Waals surface area contributed by atoms with Crippen LogP contribution in [0.4, 0.5) is 0 Å². The van der Waals surface area contributed by atoms with E-state index in [0.29, 0.717) is 23.1 Å². The quantitative estimate of drug-likeness (QED) is 0.693. The largest absolute Gasteiger partial charge is 0.477 e. The van der Waals surface area contributed by atoms with Gasteiger partial charge in [-0.15, -0.1) is 0 Å². The van der Waals surface area contributed by atoms with Crippen molar-refractivity contribution in [1.82, 2.24) is 10.3 Å². The van der Waals surface area contributed by atoms with Crippen molar-refractivity contribution in [2.45, 2.75) is 57.1 Å². The molecule has 1 heterocycles. The predicted molar refractivity (Wildman–Crippen MR) is 113 cm³/mol. The Morgan fingerprint density at radius 2 is 1.93 bits per heavy atom. The maximum atomic E-state index is 12.8. The molecule has 2 aliphatic carbocycles. The molecule has 6 heteroatoms. The second-order valence-electron chi connectivity index (χ2n) is 8.10. The van der Waals surface area contributed by atoms with E-state index in [9.17, 15) is 9.90 Å². The first-order chi connectivity index (χ1) is 14.1. The van der Waals surface area contributed by atoms with Gasteiger partial charge in [-0.1, -0.05) is 49.4 Å². The number of aliphatic hydroxyl groups excluding tert-OH is 1. The summed E-state index contributed by atoms with van der Waals surface area (Å²) in [5.74, 6) is 1.09. The van der Waals surface area contributed by atoms with Crippen molar-refractivity contribution in [2.75, 3.05) is 6.61 Å². The molecule has 0 spiro atoms. The first-order valence-electron chi connectivity index (χ1n) is 10.5. The van der Waals surface area contributed by atoms with Crippen molar-refractivity contribution in [2.24, 2.45) is 5.92 Å². The van der Waals surface area contributed by atoms with E-state index in [1.807, 2.05) is 30.3 Å². The van der Waals surface area contributed by atoms with Crippen LogP contribution in [0, 0.1) is 5.92 Å². The smallest absolute Gasteiger partial charge is 0.253 e. The van der Waals surface area contributed by atoms with Gasteiger partial charge in [0.25, 0.3) is 5.91 Å². The molecule has 1 aromatic heterocycles. The number of ether oxygens (including phenoxy) is 1. The molecule has 4 rings (SSSR count). The molecule has 1 aromatic carbocycles. The molecule has 2 aromatic rings. The van der Waals surface area contributed by atoms with Crippen LogP contribution < -0.4 is 10.1 Å². The maximum Gasteiger partial charge on any atom is 0.253 e. The zero-order valence-corrected chi connectivity index (χ0v) is 17.2. The third-order valence-corrected chi connectivity index (χ3v) is 6.03. The fourth-order valence-electron chi connectivity index (χ4n) is 3.79. The van der Waals surface area contributed by atoms with Crippen molar-refractivity contribution in [3.8, 4) is 17.0 Å². The van der Waals surface area contributed by atoms with Gasteiger partial charge in [0, 0.05) is 16.8 Å². The first-order valence-corrected chi connectivity index (χ1v) is 10.9. The number of aliphatic hydroxyl groups is 1. The Hall–Kier alpha value is -2.11. The summed E-state index contributed by atoms with van der Waals surface area (Å²) in [5.41, 5.74) is 2.13. The zero-order chi connectivity index (χ0) is 20.2. The van der Waals surface area contributed by atoms with Gasteiger partial charge in [-0.2, -0.15) is 0 Å². The molecule has 2 N–H and O–H groups in total. The Balaban J connectivity index is 1.54. The molecule has 29 heavy (non-hydrogen) atoms. The van der Waals surface area contributed by atoms with Gasteiger partial charge >= 0.3 is 0 Å². The Kier molecular flexibility index (Phi) is 6.36. The molecule has 0 saturated heterocycles.